The molecular formula is C11H12FNOS2. The summed E-state index contributed by atoms with van der Waals surface area (Å²) < 4.78 is 20.2. The molecule has 0 amide bonds. The summed E-state index contributed by atoms with van der Waals surface area (Å²) in [6.07, 6.45) is 0. The van der Waals surface area contributed by atoms with Gasteiger partial charge >= 0.3 is 0 Å². The van der Waals surface area contributed by atoms with Crippen LogP contribution in [-0.2, 0) is 4.74 Å². The molecule has 1 aromatic heterocycles. The van der Waals surface area contributed by atoms with Gasteiger partial charge < -0.3 is 4.74 Å². The zero-order chi connectivity index (χ0) is 11.4. The Morgan fingerprint density at radius 3 is 3.19 bits per heavy atom. The minimum absolute atomic E-state index is 0.233. The Morgan fingerprint density at radius 1 is 1.50 bits per heavy atom. The van der Waals surface area contributed by atoms with Crippen LogP contribution >= 0.6 is 23.1 Å². The van der Waals surface area contributed by atoms with Gasteiger partial charge in [-0.25, -0.2) is 9.37 Å². The maximum Gasteiger partial charge on any atom is 0.151 e. The monoisotopic (exact) mass is 257 g/mol. The first kappa shape index (κ1) is 11.8. The lowest BCUT2D eigenvalue weighted by Gasteiger charge is -1.97. The number of thioether (sulfide) groups is 1. The molecule has 2 nitrogen and oxygen atoms in total. The van der Waals surface area contributed by atoms with Gasteiger partial charge in [-0.2, -0.15) is 0 Å². The van der Waals surface area contributed by atoms with E-state index in [1.165, 1.54) is 12.1 Å². The molecule has 0 aliphatic carbocycles. The fourth-order valence-corrected chi connectivity index (χ4v) is 3.24. The third-order valence-corrected chi connectivity index (χ3v) is 4.13. The molecule has 0 atom stereocenters. The number of benzene rings is 1. The fourth-order valence-electron chi connectivity index (χ4n) is 1.27. The average Bonchev–Trinajstić information content (AvgIpc) is 2.66. The number of thiazole rings is 1. The first-order chi connectivity index (χ1) is 7.79. The Hall–Kier alpha value is -0.650. The van der Waals surface area contributed by atoms with Crippen molar-refractivity contribution in [2.75, 3.05) is 19.0 Å². The second-order valence-electron chi connectivity index (χ2n) is 3.14. The SMILES string of the molecule is CCOCCSc1nc2cc(F)ccc2s1. The molecule has 0 fully saturated rings. The number of nitrogens with zero attached hydrogens (tertiary/aromatic N) is 1. The third-order valence-electron chi connectivity index (χ3n) is 1.99. The average molecular weight is 257 g/mol. The van der Waals surface area contributed by atoms with E-state index in [4.69, 9.17) is 4.74 Å². The van der Waals surface area contributed by atoms with Gasteiger partial charge in [0.25, 0.3) is 0 Å². The summed E-state index contributed by atoms with van der Waals surface area (Å²) in [5, 5.41) is 0. The number of hydrogen-bond acceptors (Lipinski definition) is 4. The van der Waals surface area contributed by atoms with Gasteiger partial charge in [-0.15, -0.1) is 11.3 Å². The smallest absolute Gasteiger partial charge is 0.151 e. The number of halogens is 1. The van der Waals surface area contributed by atoms with Crippen LogP contribution in [0.5, 0.6) is 0 Å². The van der Waals surface area contributed by atoms with E-state index in [1.807, 2.05) is 6.92 Å². The Balaban J connectivity index is 2.02. The number of aromatic nitrogens is 1. The van der Waals surface area contributed by atoms with Gasteiger partial charge in [-0.1, -0.05) is 11.8 Å². The van der Waals surface area contributed by atoms with Crippen molar-refractivity contribution in [1.82, 2.24) is 4.98 Å². The van der Waals surface area contributed by atoms with Crippen molar-refractivity contribution in [2.45, 2.75) is 11.3 Å². The van der Waals surface area contributed by atoms with Crippen molar-refractivity contribution < 1.29 is 9.13 Å². The van der Waals surface area contributed by atoms with E-state index in [-0.39, 0.29) is 5.82 Å². The van der Waals surface area contributed by atoms with Crippen LogP contribution in [0.25, 0.3) is 10.2 Å². The highest BCUT2D eigenvalue weighted by Crippen LogP contribution is 2.29. The molecule has 2 rings (SSSR count). The van der Waals surface area contributed by atoms with Crippen LogP contribution in [0.3, 0.4) is 0 Å². The Kier molecular flexibility index (Phi) is 4.15. The molecular weight excluding hydrogens is 245 g/mol. The summed E-state index contributed by atoms with van der Waals surface area (Å²) in [7, 11) is 0. The number of rotatable bonds is 5. The van der Waals surface area contributed by atoms with Crippen molar-refractivity contribution in [3.63, 3.8) is 0 Å². The molecule has 5 heteroatoms. The highest BCUT2D eigenvalue weighted by atomic mass is 32.2. The summed E-state index contributed by atoms with van der Waals surface area (Å²) in [5.74, 6) is 0.652. The predicted molar refractivity (Wildman–Crippen MR) is 66.8 cm³/mol. The first-order valence-electron chi connectivity index (χ1n) is 5.06. The van der Waals surface area contributed by atoms with Crippen molar-refractivity contribution in [3.05, 3.63) is 24.0 Å². The lowest BCUT2D eigenvalue weighted by Crippen LogP contribution is -1.95. The predicted octanol–water partition coefficient (Wildman–Crippen LogP) is 3.56. The maximum atomic E-state index is 12.9. The van der Waals surface area contributed by atoms with Crippen molar-refractivity contribution in [1.29, 1.82) is 0 Å². The second kappa shape index (κ2) is 5.61. The second-order valence-corrected chi connectivity index (χ2v) is 5.51. The van der Waals surface area contributed by atoms with E-state index in [1.54, 1.807) is 29.2 Å². The van der Waals surface area contributed by atoms with Crippen LogP contribution in [0.1, 0.15) is 6.92 Å². The molecule has 0 N–H and O–H groups in total. The van der Waals surface area contributed by atoms with Gasteiger partial charge in [-0.3, -0.25) is 0 Å². The quantitative estimate of drug-likeness (QED) is 0.604. The molecule has 0 radical (unpaired) electrons. The number of fused-ring (bicyclic) bond motifs is 1. The minimum Gasteiger partial charge on any atom is -0.381 e. The molecule has 1 aromatic carbocycles. The zero-order valence-corrected chi connectivity index (χ0v) is 10.5. The van der Waals surface area contributed by atoms with Crippen LogP contribution < -0.4 is 0 Å². The number of ether oxygens (including phenoxy) is 1. The molecule has 16 heavy (non-hydrogen) atoms. The Labute approximate surface area is 102 Å². The van der Waals surface area contributed by atoms with Gasteiger partial charge in [0.05, 0.1) is 16.8 Å². The summed E-state index contributed by atoms with van der Waals surface area (Å²) in [6, 6.07) is 4.71. The fraction of sp³-hybridized carbons (Fsp3) is 0.364. The maximum absolute atomic E-state index is 12.9. The summed E-state index contributed by atoms with van der Waals surface area (Å²) >= 11 is 3.25. The van der Waals surface area contributed by atoms with Crippen molar-refractivity contribution >= 4 is 33.3 Å². The Bertz CT molecular complexity index is 472. The van der Waals surface area contributed by atoms with E-state index in [0.29, 0.717) is 0 Å². The molecule has 0 aliphatic heterocycles. The molecule has 0 unspecified atom stereocenters. The van der Waals surface area contributed by atoms with Crippen LogP contribution in [0, 0.1) is 5.82 Å². The van der Waals surface area contributed by atoms with Crippen molar-refractivity contribution in [3.8, 4) is 0 Å². The largest absolute Gasteiger partial charge is 0.381 e. The molecule has 0 saturated carbocycles. The summed E-state index contributed by atoms with van der Waals surface area (Å²) in [5.41, 5.74) is 0.740. The lowest BCUT2D eigenvalue weighted by atomic mass is 10.3. The molecule has 2 aromatic rings. The third kappa shape index (κ3) is 2.93. The topological polar surface area (TPSA) is 22.1 Å². The first-order valence-corrected chi connectivity index (χ1v) is 6.86. The van der Waals surface area contributed by atoms with Crippen LogP contribution in [0.4, 0.5) is 4.39 Å². The van der Waals surface area contributed by atoms with Crippen molar-refractivity contribution in [2.24, 2.45) is 0 Å². The molecule has 1 heterocycles. The van der Waals surface area contributed by atoms with Gasteiger partial charge in [-0.05, 0) is 19.1 Å². The van der Waals surface area contributed by atoms with Crippen LogP contribution in [0.2, 0.25) is 0 Å². The normalized spacial score (nSPS) is 11.1. The Morgan fingerprint density at radius 2 is 2.38 bits per heavy atom. The van der Waals surface area contributed by atoms with Gasteiger partial charge in [0.15, 0.2) is 4.34 Å². The van der Waals surface area contributed by atoms with Crippen LogP contribution in [0.15, 0.2) is 22.5 Å². The zero-order valence-electron chi connectivity index (χ0n) is 8.90. The van der Waals surface area contributed by atoms with E-state index in [9.17, 15) is 4.39 Å². The van der Waals surface area contributed by atoms with Gasteiger partial charge in [0.2, 0.25) is 0 Å². The van der Waals surface area contributed by atoms with E-state index in [0.717, 1.165) is 33.5 Å². The van der Waals surface area contributed by atoms with Gasteiger partial charge in [0.1, 0.15) is 5.82 Å². The highest BCUT2D eigenvalue weighted by Gasteiger charge is 2.04. The van der Waals surface area contributed by atoms with Crippen LogP contribution in [-0.4, -0.2) is 24.0 Å². The number of hydrogen-bond donors (Lipinski definition) is 0. The lowest BCUT2D eigenvalue weighted by molar-refractivity contribution is 0.164. The molecule has 0 bridgehead atoms. The molecule has 0 saturated heterocycles. The summed E-state index contributed by atoms with van der Waals surface area (Å²) in [6.45, 7) is 3.45. The summed E-state index contributed by atoms with van der Waals surface area (Å²) in [4.78, 5) is 4.36. The standard InChI is InChI=1S/C11H12FNOS2/c1-2-14-5-6-15-11-13-9-7-8(12)3-4-10(9)16-11/h3-4,7H,2,5-6H2,1H3. The van der Waals surface area contributed by atoms with E-state index < -0.39 is 0 Å². The van der Waals surface area contributed by atoms with Gasteiger partial charge in [0, 0.05) is 18.4 Å². The molecule has 0 aliphatic rings. The van der Waals surface area contributed by atoms with E-state index in [2.05, 4.69) is 4.98 Å². The highest BCUT2D eigenvalue weighted by molar-refractivity contribution is 8.01. The molecule has 0 spiro atoms. The van der Waals surface area contributed by atoms with E-state index >= 15 is 0 Å². The molecule has 86 valence electrons. The minimum atomic E-state index is -0.233.